The van der Waals surface area contributed by atoms with E-state index in [0.717, 1.165) is 18.2 Å². The molecule has 0 spiro atoms. The SMILES string of the molecule is N#Cc1ccccc1-c1ccc2c3ccccc3n(-c3cc(-c4cc(F)cc(F)c4)cc(-n4c5ccccc5c5ccc(-c6ccccc6C#N)cc54)c3C(F)(F)F)c2c1. The number of halogens is 5. The molecule has 10 rings (SSSR count). The van der Waals surface area contributed by atoms with E-state index in [1.165, 1.54) is 12.1 Å². The number of nitriles is 2. The maximum atomic E-state index is 16.4. The van der Waals surface area contributed by atoms with Gasteiger partial charge in [-0.2, -0.15) is 23.7 Å². The summed E-state index contributed by atoms with van der Waals surface area (Å²) in [7, 11) is 0. The van der Waals surface area contributed by atoms with E-state index in [-0.39, 0.29) is 22.5 Å². The number of rotatable bonds is 5. The van der Waals surface area contributed by atoms with Gasteiger partial charge in [-0.15, -0.1) is 0 Å². The molecule has 0 bridgehead atoms. The fourth-order valence-electron chi connectivity index (χ4n) is 8.60. The molecule has 0 fully saturated rings. The number of aromatic nitrogens is 2. The van der Waals surface area contributed by atoms with Crippen LogP contribution in [0, 0.1) is 34.3 Å². The van der Waals surface area contributed by atoms with Gasteiger partial charge in [0.2, 0.25) is 0 Å². The zero-order chi connectivity index (χ0) is 41.3. The molecule has 10 aromatic rings. The van der Waals surface area contributed by atoms with Crippen LogP contribution in [0.4, 0.5) is 22.0 Å². The third-order valence-electron chi connectivity index (χ3n) is 11.1. The molecule has 0 aliphatic rings. The second kappa shape index (κ2) is 13.8. The summed E-state index contributed by atoms with van der Waals surface area (Å²) >= 11 is 0. The van der Waals surface area contributed by atoms with Crippen molar-refractivity contribution in [2.75, 3.05) is 0 Å². The van der Waals surface area contributed by atoms with E-state index in [9.17, 15) is 10.5 Å². The summed E-state index contributed by atoms with van der Waals surface area (Å²) in [5.74, 6) is -1.77. The van der Waals surface area contributed by atoms with Crippen LogP contribution < -0.4 is 0 Å². The predicted molar refractivity (Wildman–Crippen MR) is 226 cm³/mol. The average Bonchev–Trinajstić information content (AvgIpc) is 3.77. The van der Waals surface area contributed by atoms with Gasteiger partial charge in [-0.05, 0) is 94.0 Å². The Morgan fingerprint density at radius 2 is 0.800 bits per heavy atom. The van der Waals surface area contributed by atoms with Crippen LogP contribution in [-0.4, -0.2) is 9.13 Å². The Kier molecular flexibility index (Phi) is 8.38. The van der Waals surface area contributed by atoms with Crippen LogP contribution in [0.3, 0.4) is 0 Å². The first-order valence-corrected chi connectivity index (χ1v) is 18.9. The first kappa shape index (κ1) is 36.3. The van der Waals surface area contributed by atoms with Crippen LogP contribution >= 0.6 is 0 Å². The number of para-hydroxylation sites is 2. The Labute approximate surface area is 339 Å². The highest BCUT2D eigenvalue weighted by atomic mass is 19.4. The molecule has 286 valence electrons. The first-order valence-electron chi connectivity index (χ1n) is 18.9. The van der Waals surface area contributed by atoms with Crippen molar-refractivity contribution < 1.29 is 22.0 Å². The molecule has 0 atom stereocenters. The van der Waals surface area contributed by atoms with Crippen molar-refractivity contribution in [2.45, 2.75) is 6.18 Å². The van der Waals surface area contributed by atoms with Gasteiger partial charge in [0, 0.05) is 27.6 Å². The van der Waals surface area contributed by atoms with Gasteiger partial charge >= 0.3 is 6.18 Å². The monoisotopic (exact) mass is 790 g/mol. The van der Waals surface area contributed by atoms with E-state index in [1.54, 1.807) is 94.1 Å². The summed E-state index contributed by atoms with van der Waals surface area (Å²) in [5.41, 5.74) is 3.70. The van der Waals surface area contributed by atoms with Gasteiger partial charge in [-0.1, -0.05) is 97.1 Å². The van der Waals surface area contributed by atoms with Crippen molar-refractivity contribution in [3.63, 3.8) is 0 Å². The van der Waals surface area contributed by atoms with Crippen molar-refractivity contribution in [1.29, 1.82) is 10.5 Å². The molecule has 0 saturated heterocycles. The quantitative estimate of drug-likeness (QED) is 0.163. The summed E-state index contributed by atoms with van der Waals surface area (Å²) in [6.07, 6.45) is -4.98. The Hall–Kier alpha value is -8.01. The van der Waals surface area contributed by atoms with Crippen LogP contribution in [0.25, 0.3) is 88.4 Å². The highest BCUT2D eigenvalue weighted by Gasteiger charge is 2.39. The van der Waals surface area contributed by atoms with Gasteiger partial charge < -0.3 is 9.13 Å². The molecule has 9 heteroatoms. The molecule has 2 heterocycles. The van der Waals surface area contributed by atoms with Crippen molar-refractivity contribution in [3.05, 3.63) is 192 Å². The molecule has 4 nitrogen and oxygen atoms in total. The highest BCUT2D eigenvalue weighted by Crippen LogP contribution is 2.47. The Morgan fingerprint density at radius 1 is 0.400 bits per heavy atom. The summed E-state index contributed by atoms with van der Waals surface area (Å²) in [6.45, 7) is 0. The lowest BCUT2D eigenvalue weighted by Crippen LogP contribution is -2.16. The minimum absolute atomic E-state index is 0.0394. The molecule has 0 aliphatic heterocycles. The molecule has 8 aromatic carbocycles. The zero-order valence-electron chi connectivity index (χ0n) is 31.3. The minimum Gasteiger partial charge on any atom is -0.309 e. The number of benzene rings is 8. The second-order valence-corrected chi connectivity index (χ2v) is 14.5. The van der Waals surface area contributed by atoms with Gasteiger partial charge in [-0.25, -0.2) is 8.78 Å². The van der Waals surface area contributed by atoms with E-state index in [4.69, 9.17) is 0 Å². The van der Waals surface area contributed by atoms with Crippen LogP contribution in [0.5, 0.6) is 0 Å². The molecule has 0 saturated carbocycles. The summed E-state index contributed by atoms with van der Waals surface area (Å²) in [4.78, 5) is 0. The van der Waals surface area contributed by atoms with E-state index < -0.39 is 23.4 Å². The van der Waals surface area contributed by atoms with Gasteiger partial charge in [0.15, 0.2) is 0 Å². The average molecular weight is 791 g/mol. The topological polar surface area (TPSA) is 57.4 Å². The molecular weight excluding hydrogens is 764 g/mol. The van der Waals surface area contributed by atoms with Crippen LogP contribution in [0.1, 0.15) is 16.7 Å². The predicted octanol–water partition coefficient (Wildman–Crippen LogP) is 13.9. The summed E-state index contributed by atoms with van der Waals surface area (Å²) in [5, 5.41) is 22.6. The van der Waals surface area contributed by atoms with Crippen LogP contribution in [-0.2, 0) is 6.18 Å². The maximum absolute atomic E-state index is 16.4. The number of hydrogen-bond acceptors (Lipinski definition) is 2. The highest BCUT2D eigenvalue weighted by molar-refractivity contribution is 6.12. The lowest BCUT2D eigenvalue weighted by molar-refractivity contribution is -0.137. The largest absolute Gasteiger partial charge is 0.420 e. The number of alkyl halides is 3. The standard InChI is InChI=1S/C51H27F5N4/c52-36-21-34(22-37(53)27-36)35-25-48(59-44-15-7-5-13-40(44)42-19-17-30(23-46(42)59)38-11-3-1-9-32(38)28-57)50(51(54,55)56)49(26-35)60-45-16-8-6-14-41(45)43-20-18-31(24-47(43)60)39-12-4-2-10-33(39)29-58/h1-27H. The Morgan fingerprint density at radius 3 is 1.25 bits per heavy atom. The second-order valence-electron chi connectivity index (χ2n) is 14.5. The van der Waals surface area contributed by atoms with Crippen molar-refractivity contribution in [2.24, 2.45) is 0 Å². The van der Waals surface area contributed by atoms with Crippen molar-refractivity contribution in [3.8, 4) is 56.9 Å². The molecule has 0 N–H and O–H groups in total. The number of fused-ring (bicyclic) bond motifs is 6. The van der Waals surface area contributed by atoms with E-state index >= 15 is 22.0 Å². The summed E-state index contributed by atoms with van der Waals surface area (Å²) in [6, 6.07) is 49.2. The van der Waals surface area contributed by atoms with E-state index in [0.29, 0.717) is 77.0 Å². The maximum Gasteiger partial charge on any atom is 0.420 e. The lowest BCUT2D eigenvalue weighted by Gasteiger charge is -2.23. The molecule has 2 aromatic heterocycles. The van der Waals surface area contributed by atoms with Crippen molar-refractivity contribution >= 4 is 43.6 Å². The normalized spacial score (nSPS) is 11.7. The van der Waals surface area contributed by atoms with E-state index in [1.807, 2.05) is 48.5 Å². The molecule has 0 amide bonds. The van der Waals surface area contributed by atoms with Crippen LogP contribution in [0.2, 0.25) is 0 Å². The minimum atomic E-state index is -4.98. The Balaban J connectivity index is 1.38. The molecule has 0 radical (unpaired) electrons. The van der Waals surface area contributed by atoms with E-state index in [2.05, 4.69) is 12.1 Å². The fraction of sp³-hybridized carbons (Fsp3) is 0.0196. The Bertz CT molecular complexity index is 3270. The smallest absolute Gasteiger partial charge is 0.309 e. The van der Waals surface area contributed by atoms with Gasteiger partial charge in [-0.3, -0.25) is 0 Å². The fourth-order valence-corrected chi connectivity index (χ4v) is 8.60. The zero-order valence-corrected chi connectivity index (χ0v) is 31.3. The molecular formula is C51H27F5N4. The van der Waals surface area contributed by atoms with Gasteiger partial charge in [0.05, 0.1) is 56.7 Å². The summed E-state index contributed by atoms with van der Waals surface area (Å²) < 4.78 is 82.4. The van der Waals surface area contributed by atoms with Crippen molar-refractivity contribution in [1.82, 2.24) is 9.13 Å². The lowest BCUT2D eigenvalue weighted by atomic mass is 9.97. The third kappa shape index (κ3) is 5.79. The first-order chi connectivity index (χ1) is 29.1. The van der Waals surface area contributed by atoms with Gasteiger partial charge in [0.25, 0.3) is 0 Å². The third-order valence-corrected chi connectivity index (χ3v) is 11.1. The molecule has 0 unspecified atom stereocenters. The number of hydrogen-bond donors (Lipinski definition) is 0. The molecule has 0 aliphatic carbocycles. The molecule has 60 heavy (non-hydrogen) atoms. The van der Waals surface area contributed by atoms with Gasteiger partial charge in [0.1, 0.15) is 17.2 Å². The number of nitrogens with zero attached hydrogens (tertiary/aromatic N) is 4. The van der Waals surface area contributed by atoms with Crippen LogP contribution in [0.15, 0.2) is 164 Å².